The molecule has 2 aromatic rings. The van der Waals surface area contributed by atoms with Gasteiger partial charge in [-0.05, 0) is 25.0 Å². The Morgan fingerprint density at radius 3 is 1.27 bits per heavy atom. The Hall–Kier alpha value is -5.06. The molecule has 20 heteroatoms. The fraction of sp³-hybridized carbons (Fsp3) is 0.591. The zero-order valence-corrected chi connectivity index (χ0v) is 36.8. The van der Waals surface area contributed by atoms with Crippen LogP contribution < -0.4 is 0 Å². The third-order valence-electron chi connectivity index (χ3n) is 10.2. The van der Waals surface area contributed by atoms with Gasteiger partial charge in [-0.1, -0.05) is 60.7 Å². The Bertz CT molecular complexity index is 1880. The van der Waals surface area contributed by atoms with Crippen molar-refractivity contribution in [3.8, 4) is 0 Å². The Kier molecular flexibility index (Phi) is 18.1. The molecule has 3 saturated heterocycles. The molecular weight excluding hydrogens is 848 g/mol. The summed E-state index contributed by atoms with van der Waals surface area (Å²) >= 11 is 0. The maximum Gasteiger partial charge on any atom is 0.303 e. The molecule has 3 heterocycles. The molecule has 5 rings (SSSR count). The minimum atomic E-state index is -1.71. The molecule has 352 valence electrons. The van der Waals surface area contributed by atoms with Crippen LogP contribution in [0.15, 0.2) is 60.7 Å². The number of aliphatic hydroxyl groups is 1. The van der Waals surface area contributed by atoms with E-state index in [4.69, 9.17) is 61.6 Å². The molecule has 2 aromatic carbocycles. The quantitative estimate of drug-likeness (QED) is 0.177. The van der Waals surface area contributed by atoms with Crippen LogP contribution >= 0.6 is 0 Å². The molecule has 0 saturated carbocycles. The first-order valence-electron chi connectivity index (χ1n) is 20.7. The predicted octanol–water partition coefficient (Wildman–Crippen LogP) is 2.36. The monoisotopic (exact) mass is 904 g/mol. The molecule has 1 N–H and O–H groups in total. The smallest absolute Gasteiger partial charge is 0.303 e. The molecule has 0 aliphatic carbocycles. The minimum Gasteiger partial charge on any atom is -0.456 e. The molecule has 0 aromatic heterocycles. The van der Waals surface area contributed by atoms with Gasteiger partial charge in [0.2, 0.25) is 0 Å². The van der Waals surface area contributed by atoms with Crippen molar-refractivity contribution in [2.75, 3.05) is 6.61 Å². The van der Waals surface area contributed by atoms with Crippen molar-refractivity contribution in [1.29, 1.82) is 0 Å². The van der Waals surface area contributed by atoms with Gasteiger partial charge in [-0.15, -0.1) is 0 Å². The first-order valence-corrected chi connectivity index (χ1v) is 20.7. The number of hydrogen-bond donors (Lipinski definition) is 1. The Morgan fingerprint density at radius 1 is 0.453 bits per heavy atom. The largest absolute Gasteiger partial charge is 0.456 e. The number of esters is 6. The van der Waals surface area contributed by atoms with Gasteiger partial charge in [0.25, 0.3) is 0 Å². The summed E-state index contributed by atoms with van der Waals surface area (Å²) in [5.41, 5.74) is 1.47. The van der Waals surface area contributed by atoms with Gasteiger partial charge in [0.15, 0.2) is 55.5 Å². The zero-order chi connectivity index (χ0) is 46.7. The molecule has 3 aliphatic heterocycles. The second-order valence-electron chi connectivity index (χ2n) is 15.4. The van der Waals surface area contributed by atoms with E-state index >= 15 is 0 Å². The van der Waals surface area contributed by atoms with Crippen LogP contribution in [0.25, 0.3) is 0 Å². The van der Waals surface area contributed by atoms with Crippen LogP contribution in [0.1, 0.15) is 66.5 Å². The minimum absolute atomic E-state index is 0.0183. The molecule has 3 aliphatic rings. The fourth-order valence-corrected chi connectivity index (χ4v) is 7.62. The van der Waals surface area contributed by atoms with Crippen molar-refractivity contribution in [2.24, 2.45) is 0 Å². The fourth-order valence-electron chi connectivity index (χ4n) is 7.62. The Morgan fingerprint density at radius 2 is 0.828 bits per heavy atom. The molecule has 0 bridgehead atoms. The lowest BCUT2D eigenvalue weighted by molar-refractivity contribution is -0.368. The Balaban J connectivity index is 1.57. The Labute approximate surface area is 369 Å². The van der Waals surface area contributed by atoms with Crippen molar-refractivity contribution >= 4 is 35.8 Å². The van der Waals surface area contributed by atoms with Crippen LogP contribution in [0.4, 0.5) is 0 Å². The van der Waals surface area contributed by atoms with E-state index < -0.39 is 135 Å². The lowest BCUT2D eigenvalue weighted by Crippen LogP contribution is -2.66. The van der Waals surface area contributed by atoms with Gasteiger partial charge in [0, 0.05) is 41.5 Å². The van der Waals surface area contributed by atoms with E-state index in [-0.39, 0.29) is 13.2 Å². The second-order valence-corrected chi connectivity index (χ2v) is 15.4. The summed E-state index contributed by atoms with van der Waals surface area (Å²) in [4.78, 5) is 74.3. The third-order valence-corrected chi connectivity index (χ3v) is 10.2. The van der Waals surface area contributed by atoms with E-state index in [1.807, 2.05) is 48.5 Å². The summed E-state index contributed by atoms with van der Waals surface area (Å²) in [5, 5.41) is 11.7. The number of rotatable bonds is 17. The summed E-state index contributed by atoms with van der Waals surface area (Å²) in [6.07, 6.45) is -20.5. The van der Waals surface area contributed by atoms with E-state index in [9.17, 15) is 33.9 Å². The number of ether oxygens (including phenoxy) is 13. The standard InChI is InChI=1S/C44H56O20/c1-22-33(57-24(3)45)37(59-26(5)47)40(61-28(7)49)43(55-22)54-21-32-35(64-44-41(62-29(8)50)38(60-27(6)48)34(23(2)56-44)58-25(4)46)36(52-19-30-15-11-9-12-16-30)39(42(51)63-32)53-20-31-17-13-10-14-18-31/h9-18,22-23,32-44,51H,19-21H2,1-8H3/t22-,23-,32+,33-,34-,35+,36-,37+,38+,39+,40+,41+,42-,43+,44-/m0/s1. The summed E-state index contributed by atoms with van der Waals surface area (Å²) in [5.74, 6) is -4.70. The van der Waals surface area contributed by atoms with Gasteiger partial charge in [-0.2, -0.15) is 0 Å². The van der Waals surface area contributed by atoms with Gasteiger partial charge in [-0.3, -0.25) is 28.8 Å². The van der Waals surface area contributed by atoms with Gasteiger partial charge in [0.05, 0.1) is 32.0 Å². The first kappa shape index (κ1) is 49.9. The lowest BCUT2D eigenvalue weighted by Gasteiger charge is -2.49. The second kappa shape index (κ2) is 23.2. The van der Waals surface area contributed by atoms with E-state index in [2.05, 4.69) is 0 Å². The average molecular weight is 905 g/mol. The number of carbonyl (C=O) groups excluding carboxylic acids is 6. The lowest BCUT2D eigenvalue weighted by atomic mass is 9.96. The maximum atomic E-state index is 12.7. The van der Waals surface area contributed by atoms with Crippen molar-refractivity contribution in [1.82, 2.24) is 0 Å². The van der Waals surface area contributed by atoms with E-state index in [1.54, 1.807) is 12.1 Å². The highest BCUT2D eigenvalue weighted by molar-refractivity contribution is 5.69. The molecular formula is C44H56O20. The van der Waals surface area contributed by atoms with Crippen molar-refractivity contribution < 1.29 is 95.5 Å². The van der Waals surface area contributed by atoms with Crippen LogP contribution in [-0.2, 0) is 104 Å². The molecule has 20 nitrogen and oxygen atoms in total. The molecule has 0 unspecified atom stereocenters. The number of carbonyl (C=O) groups is 6. The van der Waals surface area contributed by atoms with E-state index in [0.717, 1.165) is 52.7 Å². The third kappa shape index (κ3) is 13.7. The van der Waals surface area contributed by atoms with Gasteiger partial charge >= 0.3 is 35.8 Å². The number of hydrogen-bond acceptors (Lipinski definition) is 20. The molecule has 0 radical (unpaired) electrons. The molecule has 64 heavy (non-hydrogen) atoms. The average Bonchev–Trinajstić information content (AvgIpc) is 3.21. The highest BCUT2D eigenvalue weighted by Crippen LogP contribution is 2.36. The SMILES string of the molecule is CC(=O)O[C@@H]1[C@@H](OC(C)=O)[C@H](C)O[C@@H](OC[C@H]2O[C@H](O)[C@H](OCc3ccccc3)[C@@H](OCc3ccccc3)[C@@H]2O[C@@H]2O[C@@H](C)[C@H](OC(C)=O)[C@@H](OC(C)=O)[C@H]2OC(C)=O)[C@@H]1OC(C)=O. The van der Waals surface area contributed by atoms with Crippen molar-refractivity contribution in [3.05, 3.63) is 71.8 Å². The van der Waals surface area contributed by atoms with E-state index in [1.165, 1.54) is 13.8 Å². The van der Waals surface area contributed by atoms with Crippen molar-refractivity contribution in [2.45, 2.75) is 161 Å². The summed E-state index contributed by atoms with van der Waals surface area (Å²) < 4.78 is 77.7. The number of aliphatic hydroxyl groups excluding tert-OH is 1. The van der Waals surface area contributed by atoms with Crippen molar-refractivity contribution in [3.63, 3.8) is 0 Å². The summed E-state index contributed by atoms with van der Waals surface area (Å²) in [6, 6.07) is 18.1. The van der Waals surface area contributed by atoms with Gasteiger partial charge < -0.3 is 66.7 Å². The normalized spacial score (nSPS) is 32.6. The first-order chi connectivity index (χ1) is 30.4. The van der Waals surface area contributed by atoms with Gasteiger partial charge in [0.1, 0.15) is 24.4 Å². The summed E-state index contributed by atoms with van der Waals surface area (Å²) in [7, 11) is 0. The van der Waals surface area contributed by atoms with Crippen LogP contribution in [0.3, 0.4) is 0 Å². The highest BCUT2D eigenvalue weighted by Gasteiger charge is 2.56. The molecule has 15 atom stereocenters. The van der Waals surface area contributed by atoms with Crippen LogP contribution in [-0.4, -0.2) is 140 Å². The van der Waals surface area contributed by atoms with Crippen LogP contribution in [0.2, 0.25) is 0 Å². The van der Waals surface area contributed by atoms with Gasteiger partial charge in [-0.25, -0.2) is 0 Å². The highest BCUT2D eigenvalue weighted by atomic mass is 16.8. The maximum absolute atomic E-state index is 12.7. The molecule has 3 fully saturated rings. The topological polar surface area (TPSA) is 243 Å². The molecule has 0 amide bonds. The predicted molar refractivity (Wildman–Crippen MR) is 214 cm³/mol. The van der Waals surface area contributed by atoms with Crippen LogP contribution in [0.5, 0.6) is 0 Å². The molecule has 0 spiro atoms. The van der Waals surface area contributed by atoms with E-state index in [0.29, 0.717) is 0 Å². The summed E-state index contributed by atoms with van der Waals surface area (Å²) in [6.45, 7) is 9.20. The number of benzene rings is 2. The zero-order valence-electron chi connectivity index (χ0n) is 36.8. The van der Waals surface area contributed by atoms with Crippen LogP contribution in [0, 0.1) is 0 Å².